The third-order valence-corrected chi connectivity index (χ3v) is 3.81. The lowest BCUT2D eigenvalue weighted by atomic mass is 10.0. The number of anilines is 2. The summed E-state index contributed by atoms with van der Waals surface area (Å²) in [6, 6.07) is 7.47. The summed E-state index contributed by atoms with van der Waals surface area (Å²) in [5.74, 6) is 0.00584. The topological polar surface area (TPSA) is 75.4 Å². The molecule has 1 heterocycles. The molecule has 21 heavy (non-hydrogen) atoms. The van der Waals surface area contributed by atoms with Gasteiger partial charge in [0.1, 0.15) is 0 Å². The van der Waals surface area contributed by atoms with E-state index in [-0.39, 0.29) is 17.7 Å². The molecule has 5 nitrogen and oxygen atoms in total. The first-order valence-corrected chi connectivity index (χ1v) is 7.54. The fraction of sp³-hybridized carbons (Fsp3) is 0.500. The SMILES string of the molecule is CC(CCCN)C(=O)Nc1ccccc1N1CCCC1=O. The number of hydrogen-bond acceptors (Lipinski definition) is 3. The van der Waals surface area contributed by atoms with E-state index in [1.165, 1.54) is 0 Å². The summed E-state index contributed by atoms with van der Waals surface area (Å²) in [4.78, 5) is 25.8. The summed E-state index contributed by atoms with van der Waals surface area (Å²) in [7, 11) is 0. The second-order valence-electron chi connectivity index (χ2n) is 5.49. The van der Waals surface area contributed by atoms with Crippen molar-refractivity contribution in [2.45, 2.75) is 32.6 Å². The molecular weight excluding hydrogens is 266 g/mol. The highest BCUT2D eigenvalue weighted by atomic mass is 16.2. The standard InChI is InChI=1S/C16H23N3O2/c1-12(6-4-10-17)16(21)18-13-7-2-3-8-14(13)19-11-5-9-15(19)20/h2-3,7-8,12H,4-6,9-11,17H2,1H3,(H,18,21). The van der Waals surface area contributed by atoms with Crippen molar-refractivity contribution in [1.82, 2.24) is 0 Å². The van der Waals surface area contributed by atoms with E-state index in [0.29, 0.717) is 25.2 Å². The minimum absolute atomic E-state index is 0.0254. The molecule has 0 radical (unpaired) electrons. The molecule has 1 aromatic rings. The second-order valence-corrected chi connectivity index (χ2v) is 5.49. The van der Waals surface area contributed by atoms with E-state index in [9.17, 15) is 9.59 Å². The molecule has 1 fully saturated rings. The van der Waals surface area contributed by atoms with E-state index >= 15 is 0 Å². The normalized spacial score (nSPS) is 16.1. The lowest BCUT2D eigenvalue weighted by Gasteiger charge is -2.21. The summed E-state index contributed by atoms with van der Waals surface area (Å²) in [5, 5.41) is 2.94. The van der Waals surface area contributed by atoms with Crippen molar-refractivity contribution < 1.29 is 9.59 Å². The molecule has 0 bridgehead atoms. The van der Waals surface area contributed by atoms with Gasteiger partial charge in [-0.15, -0.1) is 0 Å². The highest BCUT2D eigenvalue weighted by Gasteiger charge is 2.24. The molecule has 1 aromatic carbocycles. The smallest absolute Gasteiger partial charge is 0.227 e. The maximum Gasteiger partial charge on any atom is 0.227 e. The van der Waals surface area contributed by atoms with Gasteiger partial charge in [-0.1, -0.05) is 19.1 Å². The molecule has 0 spiro atoms. The summed E-state index contributed by atoms with van der Waals surface area (Å²) in [6.45, 7) is 3.21. The number of nitrogens with one attached hydrogen (secondary N) is 1. The first kappa shape index (κ1) is 15.5. The average molecular weight is 289 g/mol. The van der Waals surface area contributed by atoms with Crippen molar-refractivity contribution in [1.29, 1.82) is 0 Å². The maximum atomic E-state index is 12.2. The summed E-state index contributed by atoms with van der Waals surface area (Å²) in [5.41, 5.74) is 6.97. The van der Waals surface area contributed by atoms with Gasteiger partial charge in [-0.2, -0.15) is 0 Å². The summed E-state index contributed by atoms with van der Waals surface area (Å²) in [6.07, 6.45) is 3.05. The van der Waals surface area contributed by atoms with Crippen LogP contribution in [0.25, 0.3) is 0 Å². The third kappa shape index (κ3) is 3.82. The van der Waals surface area contributed by atoms with Gasteiger partial charge in [0.15, 0.2) is 0 Å². The molecular formula is C16H23N3O2. The Morgan fingerprint density at radius 1 is 1.43 bits per heavy atom. The monoisotopic (exact) mass is 289 g/mol. The zero-order valence-electron chi connectivity index (χ0n) is 12.5. The van der Waals surface area contributed by atoms with Crippen LogP contribution in [-0.4, -0.2) is 24.9 Å². The highest BCUT2D eigenvalue weighted by Crippen LogP contribution is 2.29. The summed E-state index contributed by atoms with van der Waals surface area (Å²) < 4.78 is 0. The Morgan fingerprint density at radius 2 is 2.19 bits per heavy atom. The molecule has 1 aliphatic heterocycles. The molecule has 1 atom stereocenters. The number of benzene rings is 1. The molecule has 0 aliphatic carbocycles. The van der Waals surface area contributed by atoms with Crippen LogP contribution < -0.4 is 16.0 Å². The molecule has 3 N–H and O–H groups in total. The Bertz CT molecular complexity index is 516. The van der Waals surface area contributed by atoms with Crippen LogP contribution in [0.2, 0.25) is 0 Å². The molecule has 2 rings (SSSR count). The quantitative estimate of drug-likeness (QED) is 0.842. The van der Waals surface area contributed by atoms with Crippen LogP contribution in [0.4, 0.5) is 11.4 Å². The van der Waals surface area contributed by atoms with Crippen LogP contribution in [0.1, 0.15) is 32.6 Å². The van der Waals surface area contributed by atoms with Gasteiger partial charge < -0.3 is 16.0 Å². The minimum atomic E-state index is -0.0871. The number of amides is 2. The van der Waals surface area contributed by atoms with Crippen LogP contribution in [-0.2, 0) is 9.59 Å². The molecule has 0 aromatic heterocycles. The van der Waals surface area contributed by atoms with Crippen molar-refractivity contribution in [3.63, 3.8) is 0 Å². The lowest BCUT2D eigenvalue weighted by Crippen LogP contribution is -2.27. The minimum Gasteiger partial charge on any atom is -0.330 e. The Morgan fingerprint density at radius 3 is 2.86 bits per heavy atom. The molecule has 1 saturated heterocycles. The lowest BCUT2D eigenvalue weighted by molar-refractivity contribution is -0.119. The number of rotatable bonds is 6. The van der Waals surface area contributed by atoms with Crippen LogP contribution in [0.15, 0.2) is 24.3 Å². The van der Waals surface area contributed by atoms with E-state index < -0.39 is 0 Å². The van der Waals surface area contributed by atoms with Crippen molar-refractivity contribution in [3.05, 3.63) is 24.3 Å². The molecule has 0 saturated carbocycles. The van der Waals surface area contributed by atoms with Gasteiger partial charge in [0.25, 0.3) is 0 Å². The first-order valence-electron chi connectivity index (χ1n) is 7.54. The predicted octanol–water partition coefficient (Wildman–Crippen LogP) is 2.13. The van der Waals surface area contributed by atoms with E-state index in [1.54, 1.807) is 4.90 Å². The molecule has 1 unspecified atom stereocenters. The predicted molar refractivity (Wildman–Crippen MR) is 84.1 cm³/mol. The van der Waals surface area contributed by atoms with Crippen molar-refractivity contribution in [2.75, 3.05) is 23.3 Å². The first-order chi connectivity index (χ1) is 10.1. The number of para-hydroxylation sites is 2. The molecule has 5 heteroatoms. The highest BCUT2D eigenvalue weighted by molar-refractivity contribution is 6.02. The average Bonchev–Trinajstić information content (AvgIpc) is 2.91. The van der Waals surface area contributed by atoms with Gasteiger partial charge in [0, 0.05) is 18.9 Å². The molecule has 2 amide bonds. The van der Waals surface area contributed by atoms with Crippen molar-refractivity contribution >= 4 is 23.2 Å². The Labute approximate surface area is 125 Å². The van der Waals surface area contributed by atoms with Crippen LogP contribution in [0.3, 0.4) is 0 Å². The van der Waals surface area contributed by atoms with Gasteiger partial charge in [-0.3, -0.25) is 9.59 Å². The van der Waals surface area contributed by atoms with Gasteiger partial charge >= 0.3 is 0 Å². The zero-order valence-corrected chi connectivity index (χ0v) is 12.5. The molecule has 1 aliphatic rings. The van der Waals surface area contributed by atoms with Gasteiger partial charge in [0.05, 0.1) is 11.4 Å². The Balaban J connectivity index is 2.09. The maximum absolute atomic E-state index is 12.2. The van der Waals surface area contributed by atoms with Crippen molar-refractivity contribution in [3.8, 4) is 0 Å². The Kier molecular flexibility index (Phi) is 5.33. The van der Waals surface area contributed by atoms with Crippen LogP contribution >= 0.6 is 0 Å². The van der Waals surface area contributed by atoms with E-state index in [1.807, 2.05) is 31.2 Å². The van der Waals surface area contributed by atoms with Gasteiger partial charge in [-0.25, -0.2) is 0 Å². The van der Waals surface area contributed by atoms with Crippen LogP contribution in [0, 0.1) is 5.92 Å². The van der Waals surface area contributed by atoms with E-state index in [4.69, 9.17) is 5.73 Å². The number of nitrogens with zero attached hydrogens (tertiary/aromatic N) is 1. The fourth-order valence-electron chi connectivity index (χ4n) is 2.53. The zero-order chi connectivity index (χ0) is 15.2. The second kappa shape index (κ2) is 7.22. The number of carbonyl (C=O) groups is 2. The van der Waals surface area contributed by atoms with Crippen LogP contribution in [0.5, 0.6) is 0 Å². The van der Waals surface area contributed by atoms with Gasteiger partial charge in [-0.05, 0) is 37.9 Å². The van der Waals surface area contributed by atoms with Gasteiger partial charge in [0.2, 0.25) is 11.8 Å². The largest absolute Gasteiger partial charge is 0.330 e. The number of carbonyl (C=O) groups excluding carboxylic acids is 2. The van der Waals surface area contributed by atoms with E-state index in [2.05, 4.69) is 5.32 Å². The number of nitrogens with two attached hydrogens (primary N) is 1. The number of hydrogen-bond donors (Lipinski definition) is 2. The molecule has 114 valence electrons. The summed E-state index contributed by atoms with van der Waals surface area (Å²) >= 11 is 0. The third-order valence-electron chi connectivity index (χ3n) is 3.81. The fourth-order valence-corrected chi connectivity index (χ4v) is 2.53. The van der Waals surface area contributed by atoms with Crippen molar-refractivity contribution in [2.24, 2.45) is 11.7 Å². The van der Waals surface area contributed by atoms with E-state index in [0.717, 1.165) is 24.9 Å². The Hall–Kier alpha value is -1.88.